The summed E-state index contributed by atoms with van der Waals surface area (Å²) in [6, 6.07) is 6.33. The number of amides is 1. The summed E-state index contributed by atoms with van der Waals surface area (Å²) in [6.07, 6.45) is 2.53. The fourth-order valence-electron chi connectivity index (χ4n) is 2.78. The van der Waals surface area contributed by atoms with Gasteiger partial charge in [0.25, 0.3) is 0 Å². The topological polar surface area (TPSA) is 45.2 Å². The number of fused-ring (bicyclic) bond motifs is 1. The summed E-state index contributed by atoms with van der Waals surface area (Å²) in [7, 11) is 0. The molecule has 1 N–H and O–H groups in total. The van der Waals surface area contributed by atoms with Crippen molar-refractivity contribution < 1.29 is 9.18 Å². The number of thioether (sulfide) groups is 1. The number of anilines is 1. The van der Waals surface area contributed by atoms with Crippen LogP contribution in [0.3, 0.4) is 0 Å². The van der Waals surface area contributed by atoms with Crippen molar-refractivity contribution >= 4 is 34.1 Å². The van der Waals surface area contributed by atoms with Gasteiger partial charge in [-0.25, -0.2) is 9.37 Å². The van der Waals surface area contributed by atoms with Crippen molar-refractivity contribution in [2.75, 3.05) is 24.2 Å². The Kier molecular flexibility index (Phi) is 6.45. The summed E-state index contributed by atoms with van der Waals surface area (Å²) >= 11 is 3.14. The van der Waals surface area contributed by atoms with Crippen molar-refractivity contribution in [2.24, 2.45) is 0 Å². The molecule has 0 saturated heterocycles. The Labute approximate surface area is 155 Å². The van der Waals surface area contributed by atoms with Gasteiger partial charge >= 0.3 is 0 Å². The second kappa shape index (κ2) is 8.78. The molecule has 0 aliphatic carbocycles. The summed E-state index contributed by atoms with van der Waals surface area (Å²) < 4.78 is 12.9. The molecule has 1 aromatic heterocycles. The third kappa shape index (κ3) is 5.26. The van der Waals surface area contributed by atoms with Gasteiger partial charge in [-0.05, 0) is 37.2 Å². The molecule has 0 atom stereocenters. The minimum Gasteiger partial charge on any atom is -0.302 e. The molecule has 1 aliphatic heterocycles. The first-order valence-corrected chi connectivity index (χ1v) is 10.3. The van der Waals surface area contributed by atoms with E-state index < -0.39 is 0 Å². The number of thiazole rings is 1. The molecule has 0 unspecified atom stereocenters. The van der Waals surface area contributed by atoms with E-state index in [2.05, 4.69) is 22.1 Å². The average molecular weight is 380 g/mol. The highest BCUT2D eigenvalue weighted by molar-refractivity contribution is 7.99. The third-order valence-corrected chi connectivity index (χ3v) is 6.02. The predicted octanol–water partition coefficient (Wildman–Crippen LogP) is 4.17. The SMILES string of the molecule is CCCN1CCc2nc(NC(=O)CCSc3ccc(F)cc3)sc2C1. The first kappa shape index (κ1) is 18.4. The lowest BCUT2D eigenvalue weighted by Crippen LogP contribution is -2.30. The van der Waals surface area contributed by atoms with E-state index >= 15 is 0 Å². The standard InChI is InChI=1S/C18H22FN3OS2/c1-2-9-22-10-7-15-16(12-22)25-18(20-15)21-17(23)8-11-24-14-5-3-13(19)4-6-14/h3-6H,2,7-12H2,1H3,(H,20,21,23). The van der Waals surface area contributed by atoms with E-state index in [9.17, 15) is 9.18 Å². The van der Waals surface area contributed by atoms with E-state index in [4.69, 9.17) is 0 Å². The van der Waals surface area contributed by atoms with E-state index in [1.807, 2.05) is 0 Å². The van der Waals surface area contributed by atoms with Gasteiger partial charge < -0.3 is 5.32 Å². The number of hydrogen-bond acceptors (Lipinski definition) is 5. The van der Waals surface area contributed by atoms with Gasteiger partial charge in [0.1, 0.15) is 5.82 Å². The van der Waals surface area contributed by atoms with Crippen LogP contribution in [0.1, 0.15) is 30.3 Å². The lowest BCUT2D eigenvalue weighted by molar-refractivity contribution is -0.115. The quantitative estimate of drug-likeness (QED) is 0.734. The summed E-state index contributed by atoms with van der Waals surface area (Å²) in [4.78, 5) is 21.4. The van der Waals surface area contributed by atoms with E-state index in [1.54, 1.807) is 35.2 Å². The van der Waals surface area contributed by atoms with Crippen LogP contribution in [0.2, 0.25) is 0 Å². The number of nitrogens with zero attached hydrogens (tertiary/aromatic N) is 2. The Hall–Kier alpha value is -1.44. The number of hydrogen-bond donors (Lipinski definition) is 1. The molecule has 4 nitrogen and oxygen atoms in total. The lowest BCUT2D eigenvalue weighted by atomic mass is 10.2. The number of nitrogens with one attached hydrogen (secondary N) is 1. The predicted molar refractivity (Wildman–Crippen MR) is 102 cm³/mol. The Balaban J connectivity index is 1.46. The van der Waals surface area contributed by atoms with Crippen molar-refractivity contribution in [2.45, 2.75) is 37.6 Å². The van der Waals surface area contributed by atoms with E-state index in [-0.39, 0.29) is 11.7 Å². The van der Waals surface area contributed by atoms with Crippen LogP contribution in [0.4, 0.5) is 9.52 Å². The van der Waals surface area contributed by atoms with Crippen molar-refractivity contribution in [1.82, 2.24) is 9.88 Å². The van der Waals surface area contributed by atoms with Crippen LogP contribution in [0, 0.1) is 5.82 Å². The first-order chi connectivity index (χ1) is 12.1. The molecular weight excluding hydrogens is 357 g/mol. The van der Waals surface area contributed by atoms with Gasteiger partial charge in [-0.15, -0.1) is 23.1 Å². The minimum atomic E-state index is -0.243. The second-order valence-corrected chi connectivity index (χ2v) is 8.27. The van der Waals surface area contributed by atoms with Crippen LogP contribution in [0.5, 0.6) is 0 Å². The van der Waals surface area contributed by atoms with Crippen LogP contribution < -0.4 is 5.32 Å². The van der Waals surface area contributed by atoms with Gasteiger partial charge in [0.05, 0.1) is 5.69 Å². The molecule has 134 valence electrons. The van der Waals surface area contributed by atoms with Gasteiger partial charge in [-0.2, -0.15) is 0 Å². The molecule has 0 radical (unpaired) electrons. The van der Waals surface area contributed by atoms with Crippen LogP contribution in [0.25, 0.3) is 0 Å². The Bertz CT molecular complexity index is 718. The van der Waals surface area contributed by atoms with Crippen LogP contribution in [-0.2, 0) is 17.8 Å². The van der Waals surface area contributed by atoms with E-state index in [0.29, 0.717) is 17.3 Å². The zero-order valence-corrected chi connectivity index (χ0v) is 15.9. The fourth-order valence-corrected chi connectivity index (χ4v) is 4.70. The van der Waals surface area contributed by atoms with Crippen LogP contribution in [-0.4, -0.2) is 34.6 Å². The van der Waals surface area contributed by atoms with Gasteiger partial charge in [0, 0.05) is 41.5 Å². The smallest absolute Gasteiger partial charge is 0.226 e. The molecule has 0 spiro atoms. The normalized spacial score (nSPS) is 14.3. The number of carbonyl (C=O) groups is 1. The molecule has 1 aliphatic rings. The van der Waals surface area contributed by atoms with E-state index in [1.165, 1.54) is 17.0 Å². The number of halogens is 1. The Morgan fingerprint density at radius 2 is 2.20 bits per heavy atom. The van der Waals surface area contributed by atoms with Gasteiger partial charge in [-0.1, -0.05) is 6.92 Å². The molecule has 25 heavy (non-hydrogen) atoms. The van der Waals surface area contributed by atoms with E-state index in [0.717, 1.165) is 43.1 Å². The molecule has 2 aromatic rings. The van der Waals surface area contributed by atoms with Gasteiger partial charge in [0.2, 0.25) is 5.91 Å². The monoisotopic (exact) mass is 379 g/mol. The summed E-state index contributed by atoms with van der Waals surface area (Å²) in [5.74, 6) is 0.394. The molecule has 0 saturated carbocycles. The lowest BCUT2D eigenvalue weighted by Gasteiger charge is -2.24. The zero-order chi connectivity index (χ0) is 17.6. The van der Waals surface area contributed by atoms with Gasteiger partial charge in [-0.3, -0.25) is 9.69 Å². The molecule has 0 bridgehead atoms. The molecule has 0 fully saturated rings. The van der Waals surface area contributed by atoms with Crippen molar-refractivity contribution in [1.29, 1.82) is 0 Å². The summed E-state index contributed by atoms with van der Waals surface area (Å²) in [5, 5.41) is 3.63. The first-order valence-electron chi connectivity index (χ1n) is 8.53. The number of benzene rings is 1. The van der Waals surface area contributed by atoms with Gasteiger partial charge in [0.15, 0.2) is 5.13 Å². The summed E-state index contributed by atoms with van der Waals surface area (Å²) in [6.45, 7) is 5.29. The highest BCUT2D eigenvalue weighted by Gasteiger charge is 2.20. The minimum absolute atomic E-state index is 0.0221. The fraction of sp³-hybridized carbons (Fsp3) is 0.444. The van der Waals surface area contributed by atoms with Crippen LogP contribution in [0.15, 0.2) is 29.2 Å². The number of carbonyl (C=O) groups excluding carboxylic acids is 1. The molecule has 3 rings (SSSR count). The molecule has 2 heterocycles. The number of aromatic nitrogens is 1. The largest absolute Gasteiger partial charge is 0.302 e. The zero-order valence-electron chi connectivity index (χ0n) is 14.3. The maximum atomic E-state index is 12.9. The van der Waals surface area contributed by atoms with Crippen molar-refractivity contribution in [3.05, 3.63) is 40.7 Å². The highest BCUT2D eigenvalue weighted by Crippen LogP contribution is 2.28. The molecule has 1 amide bonds. The third-order valence-electron chi connectivity index (χ3n) is 4.01. The van der Waals surface area contributed by atoms with Crippen molar-refractivity contribution in [3.63, 3.8) is 0 Å². The average Bonchev–Trinajstić information content (AvgIpc) is 2.98. The maximum Gasteiger partial charge on any atom is 0.226 e. The highest BCUT2D eigenvalue weighted by atomic mass is 32.2. The molecule has 7 heteroatoms. The maximum absolute atomic E-state index is 12.9. The van der Waals surface area contributed by atoms with Crippen LogP contribution >= 0.6 is 23.1 Å². The Morgan fingerprint density at radius 1 is 1.40 bits per heavy atom. The van der Waals surface area contributed by atoms with Crippen molar-refractivity contribution in [3.8, 4) is 0 Å². The molecular formula is C18H22FN3OS2. The number of rotatable bonds is 7. The second-order valence-electron chi connectivity index (χ2n) is 6.02. The summed E-state index contributed by atoms with van der Waals surface area (Å²) in [5.41, 5.74) is 1.13. The Morgan fingerprint density at radius 3 is 2.96 bits per heavy atom. The molecule has 1 aromatic carbocycles.